The Morgan fingerprint density at radius 1 is 1.44 bits per heavy atom. The van der Waals surface area contributed by atoms with Gasteiger partial charge in [-0.3, -0.25) is 9.89 Å². The van der Waals surface area contributed by atoms with E-state index in [0.717, 1.165) is 29.3 Å². The largest absolute Gasteiger partial charge is 0.392 e. The Morgan fingerprint density at radius 3 is 2.88 bits per heavy atom. The van der Waals surface area contributed by atoms with E-state index in [1.54, 1.807) is 0 Å². The van der Waals surface area contributed by atoms with Crippen LogP contribution in [0.1, 0.15) is 42.2 Å². The molecule has 25 heavy (non-hydrogen) atoms. The summed E-state index contributed by atoms with van der Waals surface area (Å²) in [5.74, 6) is -0.0338. The number of nitrogens with one attached hydrogen (secondary N) is 1. The van der Waals surface area contributed by atoms with E-state index in [0.29, 0.717) is 31.8 Å². The topological polar surface area (TPSA) is 78.5 Å². The van der Waals surface area contributed by atoms with Gasteiger partial charge in [0.05, 0.1) is 17.7 Å². The Hall–Kier alpha value is -1.92. The van der Waals surface area contributed by atoms with Gasteiger partial charge in [-0.2, -0.15) is 5.10 Å². The molecule has 0 radical (unpaired) electrons. The second-order valence-corrected chi connectivity index (χ2v) is 7.34. The molecule has 2 atom stereocenters. The molecule has 1 aliphatic heterocycles. The minimum atomic E-state index is -0.310. The molecule has 6 nitrogen and oxygen atoms in total. The van der Waals surface area contributed by atoms with Gasteiger partial charge in [-0.15, -0.1) is 0 Å². The number of carbonyl (C=O) groups excluding carboxylic acids is 1. The number of aromatic amines is 1. The average Bonchev–Trinajstić information content (AvgIpc) is 3.04. The fourth-order valence-corrected chi connectivity index (χ4v) is 4.38. The number of aliphatic hydroxyl groups is 1. The molecular weight excluding hydrogens is 318 g/mol. The van der Waals surface area contributed by atoms with Crippen LogP contribution in [0, 0.1) is 12.3 Å². The minimum Gasteiger partial charge on any atom is -0.392 e. The quantitative estimate of drug-likeness (QED) is 0.896. The van der Waals surface area contributed by atoms with Crippen LogP contribution in [-0.2, 0) is 4.74 Å². The maximum Gasteiger partial charge on any atom is 0.274 e. The van der Waals surface area contributed by atoms with Crippen LogP contribution in [0.4, 0.5) is 0 Å². The fraction of sp³-hybridized carbons (Fsp3) is 0.579. The lowest BCUT2D eigenvalue weighted by Gasteiger charge is -2.56. The molecule has 1 aromatic heterocycles. The molecule has 1 spiro atoms. The number of H-pyrrole nitrogens is 1. The zero-order chi connectivity index (χ0) is 17.6. The van der Waals surface area contributed by atoms with E-state index >= 15 is 0 Å². The minimum absolute atomic E-state index is 0.0338. The molecule has 4 rings (SSSR count). The fourth-order valence-electron chi connectivity index (χ4n) is 4.38. The van der Waals surface area contributed by atoms with Crippen molar-refractivity contribution in [1.29, 1.82) is 0 Å². The van der Waals surface area contributed by atoms with Crippen molar-refractivity contribution in [2.75, 3.05) is 19.7 Å². The maximum absolute atomic E-state index is 12.9. The van der Waals surface area contributed by atoms with Crippen molar-refractivity contribution in [2.45, 2.75) is 45.3 Å². The molecule has 1 amide bonds. The van der Waals surface area contributed by atoms with Gasteiger partial charge in [0.15, 0.2) is 5.69 Å². The van der Waals surface area contributed by atoms with Gasteiger partial charge in [-0.05, 0) is 38.8 Å². The molecule has 2 N–H and O–H groups in total. The van der Waals surface area contributed by atoms with Gasteiger partial charge in [-0.1, -0.05) is 11.6 Å². The van der Waals surface area contributed by atoms with Crippen molar-refractivity contribution in [3.05, 3.63) is 29.5 Å². The molecular formula is C19H25N3O3. The summed E-state index contributed by atoms with van der Waals surface area (Å²) in [6.07, 6.45) is 2.09. The summed E-state index contributed by atoms with van der Waals surface area (Å²) >= 11 is 0. The lowest BCUT2D eigenvalue weighted by Crippen LogP contribution is -2.62. The van der Waals surface area contributed by atoms with E-state index in [-0.39, 0.29) is 23.5 Å². The zero-order valence-corrected chi connectivity index (χ0v) is 14.8. The van der Waals surface area contributed by atoms with Gasteiger partial charge in [0.25, 0.3) is 5.91 Å². The maximum atomic E-state index is 12.9. The third-order valence-corrected chi connectivity index (χ3v) is 6.01. The molecule has 1 aliphatic carbocycles. The number of aliphatic hydroxyl groups excluding tert-OH is 1. The number of ether oxygens (including phenoxy) is 1. The Morgan fingerprint density at radius 2 is 2.20 bits per heavy atom. The van der Waals surface area contributed by atoms with Gasteiger partial charge in [0.2, 0.25) is 0 Å². The molecule has 2 aromatic rings. The molecule has 1 saturated carbocycles. The summed E-state index contributed by atoms with van der Waals surface area (Å²) in [7, 11) is 0. The summed E-state index contributed by atoms with van der Waals surface area (Å²) in [6, 6.07) is 5.96. The zero-order valence-electron chi connectivity index (χ0n) is 14.8. The number of hydrogen-bond donors (Lipinski definition) is 2. The predicted molar refractivity (Wildman–Crippen MR) is 94.4 cm³/mol. The van der Waals surface area contributed by atoms with Crippen molar-refractivity contribution in [3.63, 3.8) is 0 Å². The van der Waals surface area contributed by atoms with E-state index in [4.69, 9.17) is 4.74 Å². The first-order valence-corrected chi connectivity index (χ1v) is 9.09. The first-order valence-electron chi connectivity index (χ1n) is 9.09. The van der Waals surface area contributed by atoms with Crippen LogP contribution in [0.15, 0.2) is 18.2 Å². The van der Waals surface area contributed by atoms with Crippen LogP contribution < -0.4 is 0 Å². The second kappa shape index (κ2) is 6.11. The average molecular weight is 343 g/mol. The van der Waals surface area contributed by atoms with Gasteiger partial charge in [-0.25, -0.2) is 0 Å². The number of aromatic nitrogens is 2. The Balaban J connectivity index is 1.50. The Kier molecular flexibility index (Phi) is 4.04. The number of piperidine rings is 1. The van der Waals surface area contributed by atoms with Crippen molar-refractivity contribution in [3.8, 4) is 0 Å². The summed E-state index contributed by atoms with van der Waals surface area (Å²) in [5, 5.41) is 18.4. The number of rotatable bonds is 3. The SMILES string of the molecule is CCO[C@H]1C[C@@H](O)C12CCN(C(=O)c1n[nH]c3ccc(C)cc13)CC2. The molecule has 0 unspecified atom stereocenters. The van der Waals surface area contributed by atoms with E-state index in [1.807, 2.05) is 36.9 Å². The van der Waals surface area contributed by atoms with Crippen LogP contribution in [-0.4, -0.2) is 58.0 Å². The first-order chi connectivity index (χ1) is 12.0. The van der Waals surface area contributed by atoms with E-state index in [9.17, 15) is 9.90 Å². The Labute approximate surface area is 147 Å². The third kappa shape index (κ3) is 2.55. The highest BCUT2D eigenvalue weighted by Gasteiger charge is 2.56. The molecule has 6 heteroatoms. The van der Waals surface area contributed by atoms with Crippen LogP contribution in [0.3, 0.4) is 0 Å². The van der Waals surface area contributed by atoms with Crippen LogP contribution in [0.25, 0.3) is 10.9 Å². The summed E-state index contributed by atoms with van der Waals surface area (Å²) in [4.78, 5) is 14.8. The number of hydrogen-bond acceptors (Lipinski definition) is 4. The van der Waals surface area contributed by atoms with E-state index in [2.05, 4.69) is 10.2 Å². The standard InChI is InChI=1S/C19H25N3O3/c1-3-25-16-11-15(23)19(16)6-8-22(9-7-19)18(24)17-13-10-12(2)4-5-14(13)20-21-17/h4-5,10,15-16,23H,3,6-9,11H2,1-2H3,(H,20,21)/t15-,16+/m1/s1. The van der Waals surface area contributed by atoms with Crippen molar-refractivity contribution >= 4 is 16.8 Å². The molecule has 2 aliphatic rings. The lowest BCUT2D eigenvalue weighted by molar-refractivity contribution is -0.207. The van der Waals surface area contributed by atoms with Crippen LogP contribution in [0.2, 0.25) is 0 Å². The number of benzene rings is 1. The van der Waals surface area contributed by atoms with E-state index < -0.39 is 0 Å². The molecule has 1 saturated heterocycles. The van der Waals surface area contributed by atoms with Crippen molar-refractivity contribution in [2.24, 2.45) is 5.41 Å². The second-order valence-electron chi connectivity index (χ2n) is 7.34. The van der Waals surface area contributed by atoms with Gasteiger partial charge < -0.3 is 14.7 Å². The molecule has 134 valence electrons. The Bertz CT molecular complexity index is 790. The summed E-state index contributed by atoms with van der Waals surface area (Å²) in [5.41, 5.74) is 2.31. The first kappa shape index (κ1) is 16.5. The van der Waals surface area contributed by atoms with Crippen LogP contribution >= 0.6 is 0 Å². The highest BCUT2D eigenvalue weighted by Crippen LogP contribution is 2.51. The number of amides is 1. The predicted octanol–water partition coefficient (Wildman–Crippen LogP) is 2.26. The van der Waals surface area contributed by atoms with Crippen molar-refractivity contribution in [1.82, 2.24) is 15.1 Å². The number of likely N-dealkylation sites (tertiary alicyclic amines) is 1. The molecule has 2 fully saturated rings. The lowest BCUT2D eigenvalue weighted by atomic mass is 9.58. The third-order valence-electron chi connectivity index (χ3n) is 6.01. The number of fused-ring (bicyclic) bond motifs is 1. The number of carbonyl (C=O) groups is 1. The monoisotopic (exact) mass is 343 g/mol. The summed E-state index contributed by atoms with van der Waals surface area (Å²) < 4.78 is 5.80. The number of aryl methyl sites for hydroxylation is 1. The van der Waals surface area contributed by atoms with Gasteiger partial charge in [0, 0.05) is 36.9 Å². The van der Waals surface area contributed by atoms with Crippen LogP contribution in [0.5, 0.6) is 0 Å². The molecule has 1 aromatic carbocycles. The number of nitrogens with zero attached hydrogens (tertiary/aromatic N) is 2. The highest BCUT2D eigenvalue weighted by atomic mass is 16.5. The highest BCUT2D eigenvalue weighted by molar-refractivity contribution is 6.04. The molecule has 2 heterocycles. The van der Waals surface area contributed by atoms with E-state index in [1.165, 1.54) is 0 Å². The smallest absolute Gasteiger partial charge is 0.274 e. The molecule has 0 bridgehead atoms. The van der Waals surface area contributed by atoms with Gasteiger partial charge >= 0.3 is 0 Å². The summed E-state index contributed by atoms with van der Waals surface area (Å²) in [6.45, 7) is 5.94. The van der Waals surface area contributed by atoms with Crippen molar-refractivity contribution < 1.29 is 14.6 Å². The van der Waals surface area contributed by atoms with Gasteiger partial charge in [0.1, 0.15) is 0 Å². The normalized spacial score (nSPS) is 25.3.